The van der Waals surface area contributed by atoms with E-state index in [9.17, 15) is 4.79 Å². The molecule has 15 heavy (non-hydrogen) atoms. The molecule has 2 rings (SSSR count). The SMILES string of the molecule is O=C(O)CC1CCC(c2cn[nH]c2)CC1. The molecule has 0 radical (unpaired) electrons. The van der Waals surface area contributed by atoms with Gasteiger partial charge in [-0.25, -0.2) is 0 Å². The van der Waals surface area contributed by atoms with Crippen molar-refractivity contribution in [2.45, 2.75) is 38.0 Å². The van der Waals surface area contributed by atoms with Crippen molar-refractivity contribution < 1.29 is 9.90 Å². The molecule has 4 heteroatoms. The van der Waals surface area contributed by atoms with Crippen LogP contribution >= 0.6 is 0 Å². The molecular formula is C11H16N2O2. The van der Waals surface area contributed by atoms with E-state index in [1.807, 2.05) is 12.4 Å². The van der Waals surface area contributed by atoms with E-state index < -0.39 is 5.97 Å². The lowest BCUT2D eigenvalue weighted by molar-refractivity contribution is -0.138. The van der Waals surface area contributed by atoms with E-state index in [1.54, 1.807) is 0 Å². The lowest BCUT2D eigenvalue weighted by Gasteiger charge is -2.26. The van der Waals surface area contributed by atoms with Gasteiger partial charge in [0.25, 0.3) is 0 Å². The average molecular weight is 208 g/mol. The Morgan fingerprint density at radius 3 is 2.73 bits per heavy atom. The second-order valence-corrected chi connectivity index (χ2v) is 4.35. The quantitative estimate of drug-likeness (QED) is 0.799. The average Bonchev–Trinajstić information content (AvgIpc) is 2.71. The molecule has 1 aromatic heterocycles. The number of aromatic amines is 1. The molecule has 0 saturated heterocycles. The number of carboxylic acid groups (broad SMARTS) is 1. The first-order valence-electron chi connectivity index (χ1n) is 5.46. The zero-order chi connectivity index (χ0) is 10.7. The number of nitrogens with one attached hydrogen (secondary N) is 1. The predicted molar refractivity (Wildman–Crippen MR) is 55.5 cm³/mol. The van der Waals surface area contributed by atoms with Gasteiger partial charge in [-0.1, -0.05) is 0 Å². The maximum absolute atomic E-state index is 10.6. The first kappa shape index (κ1) is 10.2. The standard InChI is InChI=1S/C11H16N2O2/c14-11(15)5-8-1-3-9(4-2-8)10-6-12-13-7-10/h6-9H,1-5H2,(H,12,13)(H,14,15). The largest absolute Gasteiger partial charge is 0.481 e. The van der Waals surface area contributed by atoms with E-state index in [0.29, 0.717) is 18.3 Å². The van der Waals surface area contributed by atoms with Crippen molar-refractivity contribution in [3.05, 3.63) is 18.0 Å². The lowest BCUT2D eigenvalue weighted by Crippen LogP contribution is -2.16. The van der Waals surface area contributed by atoms with Gasteiger partial charge < -0.3 is 5.11 Å². The number of aromatic nitrogens is 2. The van der Waals surface area contributed by atoms with Crippen LogP contribution in [0.2, 0.25) is 0 Å². The maximum Gasteiger partial charge on any atom is 0.303 e. The summed E-state index contributed by atoms with van der Waals surface area (Å²) in [5.74, 6) is 0.293. The molecule has 4 nitrogen and oxygen atoms in total. The van der Waals surface area contributed by atoms with E-state index in [1.165, 1.54) is 5.56 Å². The van der Waals surface area contributed by atoms with Crippen LogP contribution in [0, 0.1) is 5.92 Å². The maximum atomic E-state index is 10.6. The highest BCUT2D eigenvalue weighted by Gasteiger charge is 2.24. The Labute approximate surface area is 88.7 Å². The molecule has 2 N–H and O–H groups in total. The molecule has 82 valence electrons. The zero-order valence-corrected chi connectivity index (χ0v) is 8.65. The molecule has 1 saturated carbocycles. The lowest BCUT2D eigenvalue weighted by atomic mass is 9.78. The highest BCUT2D eigenvalue weighted by atomic mass is 16.4. The van der Waals surface area contributed by atoms with Crippen LogP contribution in [0.1, 0.15) is 43.6 Å². The van der Waals surface area contributed by atoms with E-state index in [2.05, 4.69) is 10.2 Å². The van der Waals surface area contributed by atoms with Crippen LogP contribution in [-0.2, 0) is 4.79 Å². The fourth-order valence-corrected chi connectivity index (χ4v) is 2.43. The number of H-pyrrole nitrogens is 1. The Hall–Kier alpha value is -1.32. The third-order valence-electron chi connectivity index (χ3n) is 3.30. The first-order valence-corrected chi connectivity index (χ1v) is 5.46. The number of aliphatic carboxylic acids is 1. The Balaban J connectivity index is 1.84. The third-order valence-corrected chi connectivity index (χ3v) is 3.30. The van der Waals surface area contributed by atoms with Crippen molar-refractivity contribution in [2.75, 3.05) is 0 Å². The summed E-state index contributed by atoms with van der Waals surface area (Å²) in [6.07, 6.45) is 8.40. The van der Waals surface area contributed by atoms with Crippen molar-refractivity contribution in [3.63, 3.8) is 0 Å². The second-order valence-electron chi connectivity index (χ2n) is 4.35. The van der Waals surface area contributed by atoms with Gasteiger partial charge >= 0.3 is 5.97 Å². The summed E-state index contributed by atoms with van der Waals surface area (Å²) in [6.45, 7) is 0. The number of hydrogen-bond donors (Lipinski definition) is 2. The van der Waals surface area contributed by atoms with Crippen LogP contribution in [0.5, 0.6) is 0 Å². The van der Waals surface area contributed by atoms with Crippen molar-refractivity contribution in [2.24, 2.45) is 5.92 Å². The summed E-state index contributed by atoms with van der Waals surface area (Å²) >= 11 is 0. The minimum absolute atomic E-state index is 0.331. The van der Waals surface area contributed by atoms with Crippen LogP contribution in [0.4, 0.5) is 0 Å². The molecule has 0 atom stereocenters. The monoisotopic (exact) mass is 208 g/mol. The van der Waals surface area contributed by atoms with Gasteiger partial charge in [0.2, 0.25) is 0 Å². The van der Waals surface area contributed by atoms with Crippen LogP contribution < -0.4 is 0 Å². The summed E-state index contributed by atoms with van der Waals surface area (Å²) in [7, 11) is 0. The Bertz CT molecular complexity index is 313. The number of carbonyl (C=O) groups is 1. The van der Waals surface area contributed by atoms with E-state index in [-0.39, 0.29) is 0 Å². The Kier molecular flexibility index (Phi) is 3.04. The molecule has 1 aromatic rings. The number of nitrogens with zero attached hydrogens (tertiary/aromatic N) is 1. The minimum atomic E-state index is -0.665. The summed E-state index contributed by atoms with van der Waals surface area (Å²) in [5, 5.41) is 15.5. The van der Waals surface area contributed by atoms with Gasteiger partial charge in [0, 0.05) is 12.6 Å². The van der Waals surface area contributed by atoms with Crippen molar-refractivity contribution in [1.82, 2.24) is 10.2 Å². The number of carboxylic acids is 1. The van der Waals surface area contributed by atoms with Crippen LogP contribution in [-0.4, -0.2) is 21.3 Å². The van der Waals surface area contributed by atoms with Crippen molar-refractivity contribution >= 4 is 5.97 Å². The first-order chi connectivity index (χ1) is 7.25. The summed E-state index contributed by atoms with van der Waals surface area (Å²) in [6, 6.07) is 0. The molecule has 0 aliphatic heterocycles. The third kappa shape index (κ3) is 2.58. The van der Waals surface area contributed by atoms with Gasteiger partial charge in [-0.15, -0.1) is 0 Å². The van der Waals surface area contributed by atoms with Gasteiger partial charge in [-0.3, -0.25) is 9.89 Å². The molecule has 0 bridgehead atoms. The van der Waals surface area contributed by atoms with E-state index in [0.717, 1.165) is 25.7 Å². The molecule has 1 fully saturated rings. The van der Waals surface area contributed by atoms with Crippen LogP contribution in [0.3, 0.4) is 0 Å². The molecule has 0 unspecified atom stereocenters. The van der Waals surface area contributed by atoms with Gasteiger partial charge in [0.05, 0.1) is 6.20 Å². The van der Waals surface area contributed by atoms with Gasteiger partial charge in [0.1, 0.15) is 0 Å². The van der Waals surface area contributed by atoms with Crippen molar-refractivity contribution in [3.8, 4) is 0 Å². The Morgan fingerprint density at radius 2 is 2.20 bits per heavy atom. The minimum Gasteiger partial charge on any atom is -0.481 e. The van der Waals surface area contributed by atoms with E-state index in [4.69, 9.17) is 5.11 Å². The van der Waals surface area contributed by atoms with E-state index >= 15 is 0 Å². The Morgan fingerprint density at radius 1 is 1.47 bits per heavy atom. The van der Waals surface area contributed by atoms with Crippen LogP contribution in [0.15, 0.2) is 12.4 Å². The smallest absolute Gasteiger partial charge is 0.303 e. The molecule has 1 aliphatic carbocycles. The fourth-order valence-electron chi connectivity index (χ4n) is 2.43. The molecular weight excluding hydrogens is 192 g/mol. The second kappa shape index (κ2) is 4.47. The number of hydrogen-bond acceptors (Lipinski definition) is 2. The molecule has 0 spiro atoms. The van der Waals surface area contributed by atoms with Crippen molar-refractivity contribution in [1.29, 1.82) is 0 Å². The highest BCUT2D eigenvalue weighted by Crippen LogP contribution is 2.36. The van der Waals surface area contributed by atoms with Gasteiger partial charge in [-0.05, 0) is 43.1 Å². The van der Waals surface area contributed by atoms with Crippen LogP contribution in [0.25, 0.3) is 0 Å². The zero-order valence-electron chi connectivity index (χ0n) is 8.65. The number of rotatable bonds is 3. The molecule has 1 heterocycles. The highest BCUT2D eigenvalue weighted by molar-refractivity contribution is 5.67. The molecule has 0 amide bonds. The topological polar surface area (TPSA) is 66.0 Å². The normalized spacial score (nSPS) is 26.4. The van der Waals surface area contributed by atoms with Gasteiger partial charge in [0.15, 0.2) is 0 Å². The predicted octanol–water partition coefficient (Wildman–Crippen LogP) is 2.16. The van der Waals surface area contributed by atoms with Gasteiger partial charge in [-0.2, -0.15) is 5.10 Å². The summed E-state index contributed by atoms with van der Waals surface area (Å²) < 4.78 is 0. The summed E-state index contributed by atoms with van der Waals surface area (Å²) in [5.41, 5.74) is 1.27. The molecule has 1 aliphatic rings. The molecule has 0 aromatic carbocycles. The fraction of sp³-hybridized carbons (Fsp3) is 0.636. The summed E-state index contributed by atoms with van der Waals surface area (Å²) in [4.78, 5) is 10.6.